The fourth-order valence-corrected chi connectivity index (χ4v) is 23.1. The fourth-order valence-electron chi connectivity index (χ4n) is 21.9. The average Bonchev–Trinajstić information content (AvgIpc) is 1.57. The lowest BCUT2D eigenvalue weighted by Gasteiger charge is -2.23. The van der Waals surface area contributed by atoms with Gasteiger partial charge in [-0.1, -0.05) is 418 Å². The Hall–Kier alpha value is -17.0. The van der Waals surface area contributed by atoms with Gasteiger partial charge in [0.05, 0.1) is 45.2 Å². The van der Waals surface area contributed by atoms with Crippen LogP contribution >= 0.6 is 11.3 Å². The summed E-state index contributed by atoms with van der Waals surface area (Å²) in [7, 11) is 0. The predicted octanol–water partition coefficient (Wildman–Crippen LogP) is 34.1. The highest BCUT2D eigenvalue weighted by Crippen LogP contribution is 2.56. The molecule has 18 aromatic carbocycles. The standard InChI is InChI=1S/C43H31N3.C43H30N2O.C43H30N2S/c1-43(2)36-23-9-6-22-35(36)41-39(43)40(28-14-4-3-5-15-28)44-42(45-41)31-18-12-16-29(26-31)30-17-13-19-32(27-30)46-37-24-10-7-20-33(37)34-21-8-11-25-38(34)46;2*1-43(2)36-23-8-6-20-35(36)40-38(43)39(27-13-4-3-5-14-27)44-42(45-40)31-18-11-16-29(26-31)28-15-10-17-30(25-28)32-21-12-22-34-33-19-7-9-24-37(33)46-41(32)34/h3-27H,1-2H3;2*3-26H,1-2H3. The Morgan fingerprint density at radius 2 is 0.514 bits per heavy atom. The van der Waals surface area contributed by atoms with Crippen LogP contribution < -0.4 is 0 Å². The van der Waals surface area contributed by atoms with Gasteiger partial charge in [0.15, 0.2) is 17.5 Å². The minimum atomic E-state index is -0.208. The summed E-state index contributed by atoms with van der Waals surface area (Å²) in [4.78, 5) is 31.8. The van der Waals surface area contributed by atoms with Crippen molar-refractivity contribution >= 4 is 75.3 Å². The molecule has 0 fully saturated rings. The Bertz CT molecular complexity index is 8600. The minimum absolute atomic E-state index is 0.199. The second kappa shape index (κ2) is 33.3. The lowest BCUT2D eigenvalue weighted by molar-refractivity contribution is 0.657. The number of rotatable bonds is 12. The summed E-state index contributed by atoms with van der Waals surface area (Å²) in [5.41, 5.74) is 39.8. The van der Waals surface area contributed by atoms with Gasteiger partial charge in [-0.15, -0.1) is 11.3 Å². The molecule has 654 valence electrons. The van der Waals surface area contributed by atoms with Crippen LogP contribution in [0.25, 0.3) is 227 Å². The molecule has 3 aliphatic rings. The molecule has 0 unspecified atom stereocenters. The second-order valence-corrected chi connectivity index (χ2v) is 38.9. The zero-order chi connectivity index (χ0) is 92.5. The summed E-state index contributed by atoms with van der Waals surface area (Å²) in [6.07, 6.45) is 0. The molecule has 138 heavy (non-hydrogen) atoms. The van der Waals surface area contributed by atoms with Crippen LogP contribution in [0.5, 0.6) is 0 Å². The second-order valence-electron chi connectivity index (χ2n) is 37.9. The summed E-state index contributed by atoms with van der Waals surface area (Å²) < 4.78 is 11.4. The Morgan fingerprint density at radius 1 is 0.217 bits per heavy atom. The van der Waals surface area contributed by atoms with Gasteiger partial charge in [-0.2, -0.15) is 0 Å². The van der Waals surface area contributed by atoms with Gasteiger partial charge < -0.3 is 8.98 Å². The van der Waals surface area contributed by atoms with E-state index in [9.17, 15) is 0 Å². The van der Waals surface area contributed by atoms with E-state index in [0.29, 0.717) is 0 Å². The molecule has 9 heteroatoms. The van der Waals surface area contributed by atoms with Crippen LogP contribution in [-0.4, -0.2) is 34.5 Å². The third-order valence-electron chi connectivity index (χ3n) is 28.5. The smallest absolute Gasteiger partial charge is 0.160 e. The molecule has 6 heterocycles. The first kappa shape index (κ1) is 82.9. The molecule has 0 N–H and O–H groups in total. The molecule has 0 spiro atoms. The summed E-state index contributed by atoms with van der Waals surface area (Å²) in [5.74, 6) is 2.22. The molecule has 0 bridgehead atoms. The molecular formula is C129H91N7OS. The zero-order valence-electron chi connectivity index (χ0n) is 77.1. The minimum Gasteiger partial charge on any atom is -0.455 e. The molecule has 27 rings (SSSR count). The van der Waals surface area contributed by atoms with Crippen molar-refractivity contribution in [3.8, 4) is 163 Å². The monoisotopic (exact) mass is 1790 g/mol. The van der Waals surface area contributed by atoms with Gasteiger partial charge in [-0.25, -0.2) is 29.9 Å². The van der Waals surface area contributed by atoms with Gasteiger partial charge in [0.1, 0.15) is 11.2 Å². The molecule has 0 atom stereocenters. The van der Waals surface area contributed by atoms with Crippen molar-refractivity contribution in [2.45, 2.75) is 57.8 Å². The number of para-hydroxylation sites is 4. The van der Waals surface area contributed by atoms with E-state index in [2.05, 4.69) is 477 Å². The van der Waals surface area contributed by atoms with Gasteiger partial charge in [0, 0.05) is 136 Å². The van der Waals surface area contributed by atoms with Crippen molar-refractivity contribution in [2.75, 3.05) is 0 Å². The lowest BCUT2D eigenvalue weighted by atomic mass is 9.81. The zero-order valence-corrected chi connectivity index (χ0v) is 77.9. The number of hydrogen-bond acceptors (Lipinski definition) is 8. The van der Waals surface area contributed by atoms with Crippen LogP contribution in [-0.2, 0) is 16.2 Å². The highest BCUT2D eigenvalue weighted by molar-refractivity contribution is 7.26. The van der Waals surface area contributed by atoms with Crippen molar-refractivity contribution in [3.05, 3.63) is 476 Å². The van der Waals surface area contributed by atoms with Crippen molar-refractivity contribution in [2.24, 2.45) is 0 Å². The Labute approximate surface area is 805 Å². The Balaban J connectivity index is 0.000000110. The number of hydrogen-bond donors (Lipinski definition) is 0. The first-order valence-corrected chi connectivity index (χ1v) is 48.2. The van der Waals surface area contributed by atoms with Crippen LogP contribution in [0.2, 0.25) is 0 Å². The molecule has 3 aliphatic carbocycles. The van der Waals surface area contributed by atoms with Crippen LogP contribution in [0.15, 0.2) is 447 Å². The molecule has 0 saturated heterocycles. The van der Waals surface area contributed by atoms with Gasteiger partial charge in [0.25, 0.3) is 0 Å². The van der Waals surface area contributed by atoms with Crippen molar-refractivity contribution < 1.29 is 4.42 Å². The van der Waals surface area contributed by atoms with E-state index in [-0.39, 0.29) is 16.2 Å². The van der Waals surface area contributed by atoms with Crippen LogP contribution in [0.1, 0.15) is 74.9 Å². The highest BCUT2D eigenvalue weighted by atomic mass is 32.1. The number of nitrogens with zero attached hydrogens (tertiary/aromatic N) is 7. The van der Waals surface area contributed by atoms with Crippen molar-refractivity contribution in [1.82, 2.24) is 34.5 Å². The highest BCUT2D eigenvalue weighted by Gasteiger charge is 2.43. The largest absolute Gasteiger partial charge is 0.455 e. The van der Waals surface area contributed by atoms with Crippen LogP contribution in [0.4, 0.5) is 0 Å². The Morgan fingerprint density at radius 3 is 0.964 bits per heavy atom. The molecule has 24 aromatic rings. The Kier molecular flexibility index (Phi) is 20.0. The summed E-state index contributed by atoms with van der Waals surface area (Å²) in [6.45, 7) is 13.7. The van der Waals surface area contributed by atoms with E-state index in [0.717, 1.165) is 152 Å². The topological polar surface area (TPSA) is 95.4 Å². The SMILES string of the molecule is CC1(C)c2ccccc2-c2nc(-c3cccc(-c4cccc(-c5cccc6c5oc5ccccc56)c4)c3)nc(-c3ccccc3)c21.CC1(C)c2ccccc2-c2nc(-c3cccc(-c4cccc(-c5cccc6c5sc5ccccc56)c4)c3)nc(-c3ccccc3)c21.CC1(C)c2ccccc2-c2nc(-c3cccc(-c4cccc(-n5c6ccccc6c6ccccc65)c4)c3)nc(-c3ccccc3)c21. The number of benzene rings is 18. The van der Waals surface area contributed by atoms with E-state index in [4.69, 9.17) is 34.3 Å². The number of furan rings is 1. The molecule has 0 saturated carbocycles. The average molecular weight is 1790 g/mol. The van der Waals surface area contributed by atoms with E-state index in [1.807, 2.05) is 23.5 Å². The maximum atomic E-state index is 6.37. The lowest BCUT2D eigenvalue weighted by Crippen LogP contribution is -2.17. The third-order valence-corrected chi connectivity index (χ3v) is 29.7. The van der Waals surface area contributed by atoms with Gasteiger partial charge >= 0.3 is 0 Å². The van der Waals surface area contributed by atoms with Crippen molar-refractivity contribution in [3.63, 3.8) is 0 Å². The van der Waals surface area contributed by atoms with Crippen LogP contribution in [0, 0.1) is 0 Å². The summed E-state index contributed by atoms with van der Waals surface area (Å²) >= 11 is 1.87. The fraction of sp³-hybridized carbons (Fsp3) is 0.0698. The van der Waals surface area contributed by atoms with E-state index < -0.39 is 0 Å². The molecule has 0 radical (unpaired) electrons. The first-order valence-electron chi connectivity index (χ1n) is 47.4. The summed E-state index contributed by atoms with van der Waals surface area (Å²) in [6, 6.07) is 157. The van der Waals surface area contributed by atoms with Gasteiger partial charge in [-0.3, -0.25) is 0 Å². The van der Waals surface area contributed by atoms with Gasteiger partial charge in [0.2, 0.25) is 0 Å². The molecule has 0 amide bonds. The van der Waals surface area contributed by atoms with E-state index in [1.54, 1.807) is 0 Å². The molecule has 8 nitrogen and oxygen atoms in total. The maximum absolute atomic E-state index is 6.37. The first-order chi connectivity index (χ1) is 67.7. The quantitative estimate of drug-likeness (QED) is 0.120. The van der Waals surface area contributed by atoms with Gasteiger partial charge in [-0.05, 0) is 133 Å². The number of fused-ring (bicyclic) bond motifs is 18. The molecule has 0 aliphatic heterocycles. The van der Waals surface area contributed by atoms with Crippen LogP contribution in [0.3, 0.4) is 0 Å². The van der Waals surface area contributed by atoms with E-state index in [1.165, 1.54) is 109 Å². The number of aromatic nitrogens is 7. The molecule has 6 aromatic heterocycles. The molecular weight excluding hydrogens is 1700 g/mol. The normalized spacial score (nSPS) is 13.2. The van der Waals surface area contributed by atoms with E-state index >= 15 is 0 Å². The summed E-state index contributed by atoms with van der Waals surface area (Å²) in [5, 5.41) is 7.43. The predicted molar refractivity (Wildman–Crippen MR) is 573 cm³/mol. The maximum Gasteiger partial charge on any atom is 0.160 e. The number of thiophene rings is 1. The third kappa shape index (κ3) is 14.0. The van der Waals surface area contributed by atoms with Crippen molar-refractivity contribution in [1.29, 1.82) is 0 Å².